The molecule has 1 aromatic carbocycles. The molecule has 0 N–H and O–H groups in total. The largest absolute Gasteiger partial charge is 0.443 e. The zero-order chi connectivity index (χ0) is 17.9. The molecule has 0 spiro atoms. The van der Waals surface area contributed by atoms with Crippen molar-refractivity contribution >= 4 is 17.9 Å². The van der Waals surface area contributed by atoms with E-state index in [4.69, 9.17) is 4.74 Å². The second-order valence-corrected chi connectivity index (χ2v) is 6.85. The maximum Gasteiger partial charge on any atom is 0.417 e. The van der Waals surface area contributed by atoms with E-state index < -0.39 is 23.6 Å². The summed E-state index contributed by atoms with van der Waals surface area (Å²) in [5.41, 5.74) is 0.221. The summed E-state index contributed by atoms with van der Waals surface area (Å²) in [6.07, 6.45) is -0.401. The number of piperazine rings is 1. The number of hydrogen-bond donors (Lipinski definition) is 0. The number of carbonyl (C=O) groups is 3. The Morgan fingerprint density at radius 2 is 1.83 bits per heavy atom. The number of benzene rings is 1. The van der Waals surface area contributed by atoms with Crippen LogP contribution in [-0.2, 0) is 20.9 Å². The third-order valence-electron chi connectivity index (χ3n) is 3.70. The molecule has 0 bridgehead atoms. The summed E-state index contributed by atoms with van der Waals surface area (Å²) in [6, 6.07) is 8.65. The maximum atomic E-state index is 12.7. The molecule has 0 saturated carbocycles. The predicted octanol–water partition coefficient (Wildman–Crippen LogP) is 2.57. The molecule has 1 aliphatic heterocycles. The van der Waals surface area contributed by atoms with Gasteiger partial charge in [0.15, 0.2) is 0 Å². The number of ether oxygens (including phenoxy) is 1. The number of imide groups is 1. The van der Waals surface area contributed by atoms with Crippen molar-refractivity contribution in [3.63, 3.8) is 0 Å². The molecule has 2 rings (SSSR count). The Kier molecular flexibility index (Phi) is 5.26. The lowest BCUT2D eigenvalue weighted by atomic mass is 10.1. The minimum absolute atomic E-state index is 0.122. The summed E-state index contributed by atoms with van der Waals surface area (Å²) in [5, 5.41) is 0. The zero-order valence-electron chi connectivity index (χ0n) is 14.6. The lowest BCUT2D eigenvalue weighted by Gasteiger charge is -2.39. The van der Waals surface area contributed by atoms with Crippen LogP contribution >= 0.6 is 0 Å². The first-order valence-corrected chi connectivity index (χ1v) is 8.10. The summed E-state index contributed by atoms with van der Waals surface area (Å²) >= 11 is 0. The first-order valence-electron chi connectivity index (χ1n) is 8.10. The van der Waals surface area contributed by atoms with Gasteiger partial charge in [0.25, 0.3) is 5.91 Å². The molecule has 0 aromatic heterocycles. The van der Waals surface area contributed by atoms with Crippen molar-refractivity contribution in [1.29, 1.82) is 0 Å². The second kappa shape index (κ2) is 7.03. The molecule has 1 heterocycles. The van der Waals surface area contributed by atoms with Gasteiger partial charge in [0, 0.05) is 6.54 Å². The van der Waals surface area contributed by atoms with Crippen molar-refractivity contribution in [3.8, 4) is 0 Å². The first kappa shape index (κ1) is 18.0. The van der Waals surface area contributed by atoms with E-state index in [1.165, 1.54) is 4.90 Å². The molecule has 1 saturated heterocycles. The van der Waals surface area contributed by atoms with E-state index >= 15 is 0 Å². The number of rotatable bonds is 3. The van der Waals surface area contributed by atoms with Crippen molar-refractivity contribution < 1.29 is 19.1 Å². The van der Waals surface area contributed by atoms with Crippen LogP contribution in [0.1, 0.15) is 39.7 Å². The quantitative estimate of drug-likeness (QED) is 0.853. The fourth-order valence-corrected chi connectivity index (χ4v) is 2.65. The Balaban J connectivity index is 2.17. The monoisotopic (exact) mass is 332 g/mol. The van der Waals surface area contributed by atoms with Crippen LogP contribution in [0.25, 0.3) is 0 Å². The summed E-state index contributed by atoms with van der Waals surface area (Å²) in [6.45, 7) is 7.18. The highest BCUT2D eigenvalue weighted by atomic mass is 16.6. The predicted molar refractivity (Wildman–Crippen MR) is 89.0 cm³/mol. The average Bonchev–Trinajstić information content (AvgIpc) is 2.49. The van der Waals surface area contributed by atoms with Gasteiger partial charge in [-0.25, -0.2) is 9.69 Å². The minimum Gasteiger partial charge on any atom is -0.443 e. The number of hydrogen-bond acceptors (Lipinski definition) is 4. The van der Waals surface area contributed by atoms with Crippen LogP contribution in [-0.4, -0.2) is 45.9 Å². The van der Waals surface area contributed by atoms with Crippen molar-refractivity contribution in [2.75, 3.05) is 6.54 Å². The third-order valence-corrected chi connectivity index (χ3v) is 3.70. The lowest BCUT2D eigenvalue weighted by Crippen LogP contribution is -2.61. The van der Waals surface area contributed by atoms with Gasteiger partial charge in [-0.2, -0.15) is 0 Å². The van der Waals surface area contributed by atoms with E-state index in [1.54, 1.807) is 27.7 Å². The van der Waals surface area contributed by atoms with Gasteiger partial charge in [0.1, 0.15) is 18.2 Å². The Labute approximate surface area is 142 Å². The Morgan fingerprint density at radius 3 is 2.38 bits per heavy atom. The van der Waals surface area contributed by atoms with Gasteiger partial charge < -0.3 is 9.64 Å². The summed E-state index contributed by atoms with van der Waals surface area (Å²) in [7, 11) is 0. The molecule has 0 aliphatic carbocycles. The van der Waals surface area contributed by atoms with E-state index in [-0.39, 0.29) is 12.5 Å². The van der Waals surface area contributed by atoms with E-state index in [0.29, 0.717) is 13.0 Å². The topological polar surface area (TPSA) is 66.9 Å². The highest BCUT2D eigenvalue weighted by Crippen LogP contribution is 2.21. The van der Waals surface area contributed by atoms with E-state index in [1.807, 2.05) is 30.3 Å². The molecule has 130 valence electrons. The zero-order valence-corrected chi connectivity index (χ0v) is 14.6. The molecule has 0 unspecified atom stereocenters. The Bertz CT molecular complexity index is 622. The average molecular weight is 332 g/mol. The summed E-state index contributed by atoms with van der Waals surface area (Å²) in [5.74, 6) is -0.640. The highest BCUT2D eigenvalue weighted by Gasteiger charge is 2.43. The SMILES string of the molecule is CC[C@@H]1C(=O)N(Cc2ccccc2)CC(=O)N1C(=O)OC(C)(C)C. The molecule has 24 heavy (non-hydrogen) atoms. The number of nitrogens with zero attached hydrogens (tertiary/aromatic N) is 2. The molecule has 6 nitrogen and oxygen atoms in total. The Hall–Kier alpha value is -2.37. The third kappa shape index (κ3) is 4.13. The fraction of sp³-hybridized carbons (Fsp3) is 0.500. The van der Waals surface area contributed by atoms with Crippen molar-refractivity contribution in [2.45, 2.75) is 52.3 Å². The lowest BCUT2D eigenvalue weighted by molar-refractivity contribution is -0.155. The molecule has 0 radical (unpaired) electrons. The minimum atomic E-state index is -0.815. The molecule has 3 amide bonds. The van der Waals surface area contributed by atoms with E-state index in [9.17, 15) is 14.4 Å². The van der Waals surface area contributed by atoms with E-state index in [0.717, 1.165) is 10.5 Å². The van der Waals surface area contributed by atoms with Gasteiger partial charge >= 0.3 is 6.09 Å². The van der Waals surface area contributed by atoms with Crippen LogP contribution in [0, 0.1) is 0 Å². The van der Waals surface area contributed by atoms with Gasteiger partial charge in [0.05, 0.1) is 0 Å². The van der Waals surface area contributed by atoms with Crippen LogP contribution in [0.4, 0.5) is 4.79 Å². The summed E-state index contributed by atoms with van der Waals surface area (Å²) in [4.78, 5) is 40.0. The van der Waals surface area contributed by atoms with Crippen molar-refractivity contribution in [1.82, 2.24) is 9.80 Å². The molecule has 1 atom stereocenters. The number of amides is 3. The van der Waals surface area contributed by atoms with Crippen molar-refractivity contribution in [2.24, 2.45) is 0 Å². The van der Waals surface area contributed by atoms with Crippen LogP contribution in [0.3, 0.4) is 0 Å². The molecule has 6 heteroatoms. The van der Waals surface area contributed by atoms with Gasteiger partial charge in [-0.1, -0.05) is 37.3 Å². The van der Waals surface area contributed by atoms with E-state index in [2.05, 4.69) is 0 Å². The molecule has 1 aliphatic rings. The molecular weight excluding hydrogens is 308 g/mol. The van der Waals surface area contributed by atoms with Gasteiger partial charge in [-0.15, -0.1) is 0 Å². The molecule has 1 aromatic rings. The highest BCUT2D eigenvalue weighted by molar-refractivity contribution is 6.03. The standard InChI is InChI=1S/C18H24N2O4/c1-5-14-16(22)19(11-13-9-7-6-8-10-13)12-15(21)20(14)17(23)24-18(2,3)4/h6-10,14H,5,11-12H2,1-4H3/t14-/m1/s1. The van der Waals surface area contributed by atoms with Crippen molar-refractivity contribution in [3.05, 3.63) is 35.9 Å². The summed E-state index contributed by atoms with van der Waals surface area (Å²) < 4.78 is 5.28. The van der Waals surface area contributed by atoms with Crippen LogP contribution < -0.4 is 0 Å². The Morgan fingerprint density at radius 1 is 1.21 bits per heavy atom. The maximum absolute atomic E-state index is 12.7. The van der Waals surface area contributed by atoms with Crippen LogP contribution in [0.2, 0.25) is 0 Å². The van der Waals surface area contributed by atoms with Crippen LogP contribution in [0.15, 0.2) is 30.3 Å². The smallest absolute Gasteiger partial charge is 0.417 e. The molecule has 1 fully saturated rings. The molecular formula is C18H24N2O4. The van der Waals surface area contributed by atoms with Gasteiger partial charge in [-0.05, 0) is 32.8 Å². The van der Waals surface area contributed by atoms with Gasteiger partial charge in [-0.3, -0.25) is 9.59 Å². The first-order chi connectivity index (χ1) is 11.2. The normalized spacial score (nSPS) is 18.8. The van der Waals surface area contributed by atoms with Gasteiger partial charge in [0.2, 0.25) is 5.91 Å². The van der Waals surface area contributed by atoms with Crippen LogP contribution in [0.5, 0.6) is 0 Å². The number of carbonyl (C=O) groups excluding carboxylic acids is 3. The fourth-order valence-electron chi connectivity index (χ4n) is 2.65. The second-order valence-electron chi connectivity index (χ2n) is 6.85.